The quantitative estimate of drug-likeness (QED) is 0.873. The summed E-state index contributed by atoms with van der Waals surface area (Å²) in [6.07, 6.45) is 0. The summed E-state index contributed by atoms with van der Waals surface area (Å²) in [5, 5.41) is 9.40. The fourth-order valence-electron chi connectivity index (χ4n) is 2.54. The molecule has 1 aliphatic rings. The first-order chi connectivity index (χ1) is 10.2. The molecule has 1 saturated heterocycles. The van der Waals surface area contributed by atoms with Crippen molar-refractivity contribution >= 4 is 5.95 Å². The molecule has 0 radical (unpaired) electrons. The molecule has 2 heterocycles. The Balaban J connectivity index is 1.61. The highest BCUT2D eigenvalue weighted by molar-refractivity contribution is 5.32. The first-order valence-electron chi connectivity index (χ1n) is 7.02. The summed E-state index contributed by atoms with van der Waals surface area (Å²) < 4.78 is 0. The Morgan fingerprint density at radius 3 is 2.52 bits per heavy atom. The van der Waals surface area contributed by atoms with Gasteiger partial charge in [-0.3, -0.25) is 14.7 Å². The van der Waals surface area contributed by atoms with Crippen LogP contribution in [-0.2, 0) is 6.54 Å². The van der Waals surface area contributed by atoms with Crippen molar-refractivity contribution in [1.82, 2.24) is 14.9 Å². The molecule has 1 aromatic carbocycles. The van der Waals surface area contributed by atoms with Gasteiger partial charge in [0.2, 0.25) is 11.8 Å². The summed E-state index contributed by atoms with van der Waals surface area (Å²) in [4.78, 5) is 22.4. The van der Waals surface area contributed by atoms with Gasteiger partial charge in [-0.25, -0.2) is 0 Å². The molecule has 0 amide bonds. The van der Waals surface area contributed by atoms with E-state index in [0.29, 0.717) is 5.95 Å². The highest BCUT2D eigenvalue weighted by Gasteiger charge is 2.19. The molecule has 2 aromatic rings. The summed E-state index contributed by atoms with van der Waals surface area (Å²) in [5.41, 5.74) is 0.971. The van der Waals surface area contributed by atoms with E-state index in [9.17, 15) is 9.90 Å². The summed E-state index contributed by atoms with van der Waals surface area (Å²) in [6.45, 7) is 4.28. The van der Waals surface area contributed by atoms with Crippen molar-refractivity contribution in [3.8, 4) is 5.88 Å². The first kappa shape index (κ1) is 13.6. The SMILES string of the molecule is O=c1cc(O)nc(N2CCN(Cc3ccccc3)CC2)[nH]1. The summed E-state index contributed by atoms with van der Waals surface area (Å²) in [6, 6.07) is 11.4. The molecule has 2 N–H and O–H groups in total. The maximum Gasteiger partial charge on any atom is 0.256 e. The average molecular weight is 286 g/mol. The van der Waals surface area contributed by atoms with E-state index in [0.717, 1.165) is 38.8 Å². The van der Waals surface area contributed by atoms with Crippen LogP contribution in [0.5, 0.6) is 5.88 Å². The minimum atomic E-state index is -0.329. The maximum atomic E-state index is 11.4. The van der Waals surface area contributed by atoms with E-state index in [1.54, 1.807) is 0 Å². The number of hydrogen-bond donors (Lipinski definition) is 2. The standard InChI is InChI=1S/C15H18N4O2/c20-13-10-14(21)17-15(16-13)19-8-6-18(7-9-19)11-12-4-2-1-3-5-12/h1-5,10H,6-9,11H2,(H2,16,17,20,21). The molecule has 21 heavy (non-hydrogen) atoms. The monoisotopic (exact) mass is 286 g/mol. The van der Waals surface area contributed by atoms with Gasteiger partial charge in [0.15, 0.2) is 0 Å². The van der Waals surface area contributed by atoms with Crippen molar-refractivity contribution in [1.29, 1.82) is 0 Å². The molecule has 1 aromatic heterocycles. The molecule has 110 valence electrons. The van der Waals surface area contributed by atoms with E-state index >= 15 is 0 Å². The third-order valence-corrected chi connectivity index (χ3v) is 3.64. The molecule has 0 bridgehead atoms. The van der Waals surface area contributed by atoms with Crippen molar-refractivity contribution < 1.29 is 5.11 Å². The molecule has 1 fully saturated rings. The number of aromatic nitrogens is 2. The fraction of sp³-hybridized carbons (Fsp3) is 0.333. The number of hydrogen-bond acceptors (Lipinski definition) is 5. The molecular weight excluding hydrogens is 268 g/mol. The second kappa shape index (κ2) is 5.97. The van der Waals surface area contributed by atoms with Gasteiger partial charge in [-0.15, -0.1) is 0 Å². The van der Waals surface area contributed by atoms with Crippen LogP contribution in [0.4, 0.5) is 5.95 Å². The lowest BCUT2D eigenvalue weighted by molar-refractivity contribution is 0.248. The second-order valence-corrected chi connectivity index (χ2v) is 5.18. The highest BCUT2D eigenvalue weighted by Crippen LogP contribution is 2.13. The largest absolute Gasteiger partial charge is 0.493 e. The van der Waals surface area contributed by atoms with Crippen molar-refractivity contribution in [2.24, 2.45) is 0 Å². The minimum absolute atomic E-state index is 0.236. The number of benzene rings is 1. The third-order valence-electron chi connectivity index (χ3n) is 3.64. The van der Waals surface area contributed by atoms with Crippen LogP contribution in [0.2, 0.25) is 0 Å². The molecule has 0 atom stereocenters. The van der Waals surface area contributed by atoms with E-state index < -0.39 is 0 Å². The van der Waals surface area contributed by atoms with E-state index in [2.05, 4.69) is 27.0 Å². The molecule has 6 heteroatoms. The van der Waals surface area contributed by atoms with Gasteiger partial charge in [0.1, 0.15) is 0 Å². The summed E-state index contributed by atoms with van der Waals surface area (Å²) in [7, 11) is 0. The Morgan fingerprint density at radius 2 is 1.86 bits per heavy atom. The van der Waals surface area contributed by atoms with Crippen LogP contribution in [0.1, 0.15) is 5.56 Å². The van der Waals surface area contributed by atoms with Crippen LogP contribution in [0, 0.1) is 0 Å². The zero-order chi connectivity index (χ0) is 14.7. The number of nitrogens with zero attached hydrogens (tertiary/aromatic N) is 3. The smallest absolute Gasteiger partial charge is 0.256 e. The topological polar surface area (TPSA) is 72.5 Å². The van der Waals surface area contributed by atoms with E-state index in [1.165, 1.54) is 5.56 Å². The van der Waals surface area contributed by atoms with Gasteiger partial charge in [0.05, 0.1) is 6.07 Å². The van der Waals surface area contributed by atoms with Crippen LogP contribution in [0.15, 0.2) is 41.2 Å². The van der Waals surface area contributed by atoms with Gasteiger partial charge >= 0.3 is 0 Å². The van der Waals surface area contributed by atoms with Crippen LogP contribution in [0.3, 0.4) is 0 Å². The second-order valence-electron chi connectivity index (χ2n) is 5.18. The van der Waals surface area contributed by atoms with Crippen LogP contribution >= 0.6 is 0 Å². The Kier molecular flexibility index (Phi) is 3.87. The van der Waals surface area contributed by atoms with Gasteiger partial charge in [-0.05, 0) is 5.56 Å². The van der Waals surface area contributed by atoms with Gasteiger partial charge in [-0.2, -0.15) is 4.98 Å². The molecule has 3 rings (SSSR count). The molecule has 0 unspecified atom stereocenters. The lowest BCUT2D eigenvalue weighted by Gasteiger charge is -2.34. The van der Waals surface area contributed by atoms with E-state index in [-0.39, 0.29) is 11.4 Å². The third kappa shape index (κ3) is 3.41. The molecule has 1 aliphatic heterocycles. The Bertz CT molecular complexity index is 648. The van der Waals surface area contributed by atoms with Gasteiger partial charge in [0.25, 0.3) is 5.56 Å². The molecule has 0 aliphatic carbocycles. The number of nitrogens with one attached hydrogen (secondary N) is 1. The molecule has 0 spiro atoms. The van der Waals surface area contributed by atoms with Gasteiger partial charge in [-0.1, -0.05) is 30.3 Å². The summed E-state index contributed by atoms with van der Waals surface area (Å²) >= 11 is 0. The van der Waals surface area contributed by atoms with Crippen LogP contribution < -0.4 is 10.5 Å². The van der Waals surface area contributed by atoms with Crippen LogP contribution in [0.25, 0.3) is 0 Å². The maximum absolute atomic E-state index is 11.4. The number of piperazine rings is 1. The number of H-pyrrole nitrogens is 1. The van der Waals surface area contributed by atoms with Crippen molar-refractivity contribution in [2.45, 2.75) is 6.54 Å². The number of rotatable bonds is 3. The van der Waals surface area contributed by atoms with Crippen molar-refractivity contribution in [2.75, 3.05) is 31.1 Å². The summed E-state index contributed by atoms with van der Waals surface area (Å²) in [5.74, 6) is 0.208. The predicted molar refractivity (Wildman–Crippen MR) is 80.5 cm³/mol. The zero-order valence-electron chi connectivity index (χ0n) is 11.7. The Labute approximate surface area is 122 Å². The lowest BCUT2D eigenvalue weighted by atomic mass is 10.2. The van der Waals surface area contributed by atoms with Gasteiger partial charge in [0, 0.05) is 32.7 Å². The number of aromatic hydroxyl groups is 1. The lowest BCUT2D eigenvalue weighted by Crippen LogP contribution is -2.46. The van der Waals surface area contributed by atoms with E-state index in [4.69, 9.17) is 0 Å². The number of aromatic amines is 1. The fourth-order valence-corrected chi connectivity index (χ4v) is 2.54. The average Bonchev–Trinajstić information content (AvgIpc) is 2.48. The zero-order valence-corrected chi connectivity index (χ0v) is 11.7. The Morgan fingerprint density at radius 1 is 1.14 bits per heavy atom. The number of anilines is 1. The van der Waals surface area contributed by atoms with Crippen molar-refractivity contribution in [3.63, 3.8) is 0 Å². The Hall–Kier alpha value is -2.34. The van der Waals surface area contributed by atoms with Crippen molar-refractivity contribution in [3.05, 3.63) is 52.3 Å². The minimum Gasteiger partial charge on any atom is -0.493 e. The molecular formula is C15H18N4O2. The van der Waals surface area contributed by atoms with E-state index in [1.807, 2.05) is 23.1 Å². The molecule has 6 nitrogen and oxygen atoms in total. The first-order valence-corrected chi connectivity index (χ1v) is 7.02. The highest BCUT2D eigenvalue weighted by atomic mass is 16.3. The molecule has 0 saturated carbocycles. The van der Waals surface area contributed by atoms with Gasteiger partial charge < -0.3 is 10.0 Å². The predicted octanol–water partition coefficient (Wildman–Crippen LogP) is 0.798. The van der Waals surface area contributed by atoms with Crippen LogP contribution in [-0.4, -0.2) is 46.2 Å². The normalized spacial score (nSPS) is 16.1.